The Morgan fingerprint density at radius 1 is 1.10 bits per heavy atom. The Hall–Kier alpha value is -2.16. The van der Waals surface area contributed by atoms with Crippen LogP contribution in [0.2, 0.25) is 0 Å². The van der Waals surface area contributed by atoms with Crippen LogP contribution in [0.25, 0.3) is 0 Å². The first-order valence-corrected chi connectivity index (χ1v) is 6.69. The van der Waals surface area contributed by atoms with Crippen LogP contribution in [0.3, 0.4) is 0 Å². The van der Waals surface area contributed by atoms with E-state index in [1.807, 2.05) is 18.2 Å². The van der Waals surface area contributed by atoms with Crippen molar-refractivity contribution in [1.82, 2.24) is 0 Å². The Bertz CT molecular complexity index is 677. The minimum atomic E-state index is -0.435. The predicted molar refractivity (Wildman–Crippen MR) is 74.9 cm³/mol. The summed E-state index contributed by atoms with van der Waals surface area (Å²) in [6.07, 6.45) is 3.22. The molecule has 0 heterocycles. The number of carbonyl (C=O) groups excluding carboxylic acids is 1. The van der Waals surface area contributed by atoms with Crippen molar-refractivity contribution in [2.24, 2.45) is 0 Å². The molecule has 0 amide bonds. The SMILES string of the molecule is COc1ccc(F)cc1C(=O)c1ccc2c(c1)CCC2. The van der Waals surface area contributed by atoms with Gasteiger partial charge in [0.15, 0.2) is 5.78 Å². The lowest BCUT2D eigenvalue weighted by molar-refractivity contribution is 0.103. The maximum Gasteiger partial charge on any atom is 0.196 e. The number of benzene rings is 2. The normalized spacial score (nSPS) is 13.1. The van der Waals surface area contributed by atoms with E-state index < -0.39 is 5.82 Å². The van der Waals surface area contributed by atoms with Gasteiger partial charge in [-0.3, -0.25) is 4.79 Å². The van der Waals surface area contributed by atoms with Gasteiger partial charge in [0.25, 0.3) is 0 Å². The third kappa shape index (κ3) is 2.20. The van der Waals surface area contributed by atoms with Crippen LogP contribution in [0.4, 0.5) is 4.39 Å². The molecule has 3 rings (SSSR count). The Morgan fingerprint density at radius 2 is 1.90 bits per heavy atom. The molecule has 2 nitrogen and oxygen atoms in total. The Balaban J connectivity index is 2.02. The lowest BCUT2D eigenvalue weighted by Crippen LogP contribution is -2.05. The zero-order valence-electron chi connectivity index (χ0n) is 11.3. The van der Waals surface area contributed by atoms with Crippen LogP contribution in [0.1, 0.15) is 33.5 Å². The van der Waals surface area contributed by atoms with Crippen molar-refractivity contribution in [3.05, 3.63) is 64.5 Å². The van der Waals surface area contributed by atoms with Crippen LogP contribution in [-0.2, 0) is 12.8 Å². The molecule has 102 valence electrons. The molecule has 0 saturated heterocycles. The van der Waals surface area contributed by atoms with Crippen LogP contribution >= 0.6 is 0 Å². The van der Waals surface area contributed by atoms with Crippen LogP contribution < -0.4 is 4.74 Å². The number of fused-ring (bicyclic) bond motifs is 1. The van der Waals surface area contributed by atoms with Gasteiger partial charge in [-0.2, -0.15) is 0 Å². The summed E-state index contributed by atoms with van der Waals surface area (Å²) < 4.78 is 18.5. The van der Waals surface area contributed by atoms with E-state index in [1.54, 1.807) is 0 Å². The minimum absolute atomic E-state index is 0.198. The second-order valence-electron chi connectivity index (χ2n) is 5.01. The van der Waals surface area contributed by atoms with Gasteiger partial charge in [0.2, 0.25) is 0 Å². The van der Waals surface area contributed by atoms with Crippen LogP contribution in [0.5, 0.6) is 5.75 Å². The third-order valence-electron chi connectivity index (χ3n) is 3.77. The zero-order chi connectivity index (χ0) is 14.1. The number of aryl methyl sites for hydroxylation is 2. The van der Waals surface area contributed by atoms with E-state index in [1.165, 1.54) is 36.4 Å². The van der Waals surface area contributed by atoms with Gasteiger partial charge in [-0.25, -0.2) is 4.39 Å². The third-order valence-corrected chi connectivity index (χ3v) is 3.77. The maximum atomic E-state index is 13.4. The van der Waals surface area contributed by atoms with E-state index >= 15 is 0 Å². The summed E-state index contributed by atoms with van der Waals surface area (Å²) in [6.45, 7) is 0. The van der Waals surface area contributed by atoms with E-state index in [2.05, 4.69) is 0 Å². The highest BCUT2D eigenvalue weighted by atomic mass is 19.1. The van der Waals surface area contributed by atoms with Crippen LogP contribution in [0.15, 0.2) is 36.4 Å². The summed E-state index contributed by atoms with van der Waals surface area (Å²) in [7, 11) is 1.48. The standard InChI is InChI=1S/C17H15FO2/c1-20-16-8-7-14(18)10-15(16)17(19)13-6-5-11-3-2-4-12(11)9-13/h5-10H,2-4H2,1H3. The van der Waals surface area contributed by atoms with Gasteiger partial charge in [0.1, 0.15) is 11.6 Å². The van der Waals surface area contributed by atoms with Gasteiger partial charge < -0.3 is 4.74 Å². The molecule has 0 aliphatic heterocycles. The van der Waals surface area contributed by atoms with Crippen molar-refractivity contribution in [3.8, 4) is 5.75 Å². The van der Waals surface area contributed by atoms with Gasteiger partial charge in [-0.1, -0.05) is 12.1 Å². The minimum Gasteiger partial charge on any atom is -0.496 e. The fourth-order valence-electron chi connectivity index (χ4n) is 2.73. The molecule has 0 fully saturated rings. The van der Waals surface area contributed by atoms with Crippen molar-refractivity contribution >= 4 is 5.78 Å². The van der Waals surface area contributed by atoms with Crippen molar-refractivity contribution in [2.45, 2.75) is 19.3 Å². The number of hydrogen-bond acceptors (Lipinski definition) is 2. The summed E-state index contributed by atoms with van der Waals surface area (Å²) in [5.74, 6) is -0.233. The fourth-order valence-corrected chi connectivity index (χ4v) is 2.73. The summed E-state index contributed by atoms with van der Waals surface area (Å²) in [5.41, 5.74) is 3.40. The van der Waals surface area contributed by atoms with Crippen molar-refractivity contribution < 1.29 is 13.9 Å². The first-order chi connectivity index (χ1) is 9.69. The average molecular weight is 270 g/mol. The lowest BCUT2D eigenvalue weighted by Gasteiger charge is -2.09. The molecule has 0 saturated carbocycles. The van der Waals surface area contributed by atoms with E-state index in [9.17, 15) is 9.18 Å². The number of methoxy groups -OCH3 is 1. The Labute approximate surface area is 117 Å². The first kappa shape index (κ1) is 12.9. The number of carbonyl (C=O) groups is 1. The molecule has 0 bridgehead atoms. The molecular weight excluding hydrogens is 255 g/mol. The molecule has 20 heavy (non-hydrogen) atoms. The second kappa shape index (κ2) is 5.08. The highest BCUT2D eigenvalue weighted by Crippen LogP contribution is 2.26. The van der Waals surface area contributed by atoms with Crippen molar-refractivity contribution in [1.29, 1.82) is 0 Å². The fraction of sp³-hybridized carbons (Fsp3) is 0.235. The molecule has 1 aliphatic carbocycles. The molecule has 2 aromatic rings. The van der Waals surface area contributed by atoms with Crippen LogP contribution in [-0.4, -0.2) is 12.9 Å². The number of ketones is 1. The average Bonchev–Trinajstić information content (AvgIpc) is 2.93. The smallest absolute Gasteiger partial charge is 0.196 e. The van der Waals surface area contributed by atoms with Gasteiger partial charge in [-0.15, -0.1) is 0 Å². The Kier molecular flexibility index (Phi) is 3.26. The molecule has 0 atom stereocenters. The zero-order valence-corrected chi connectivity index (χ0v) is 11.3. The maximum absolute atomic E-state index is 13.4. The first-order valence-electron chi connectivity index (χ1n) is 6.69. The van der Waals surface area contributed by atoms with E-state index in [0.29, 0.717) is 11.3 Å². The summed E-state index contributed by atoms with van der Waals surface area (Å²) >= 11 is 0. The van der Waals surface area contributed by atoms with Gasteiger partial charge >= 0.3 is 0 Å². The van der Waals surface area contributed by atoms with Crippen molar-refractivity contribution in [3.63, 3.8) is 0 Å². The molecule has 0 radical (unpaired) electrons. The van der Waals surface area contributed by atoms with Gasteiger partial charge in [-0.05, 0) is 54.7 Å². The van der Waals surface area contributed by atoms with E-state index in [4.69, 9.17) is 4.74 Å². The highest BCUT2D eigenvalue weighted by Gasteiger charge is 2.18. The molecule has 2 aromatic carbocycles. The van der Waals surface area contributed by atoms with Gasteiger partial charge in [0, 0.05) is 5.56 Å². The molecule has 0 N–H and O–H groups in total. The molecule has 3 heteroatoms. The van der Waals surface area contributed by atoms with Crippen molar-refractivity contribution in [2.75, 3.05) is 7.11 Å². The molecule has 0 spiro atoms. The lowest BCUT2D eigenvalue weighted by atomic mass is 9.98. The summed E-state index contributed by atoms with van der Waals surface area (Å²) in [4.78, 5) is 12.5. The van der Waals surface area contributed by atoms with Crippen LogP contribution in [0, 0.1) is 5.82 Å². The highest BCUT2D eigenvalue weighted by molar-refractivity contribution is 6.10. The number of rotatable bonds is 3. The predicted octanol–water partition coefficient (Wildman–Crippen LogP) is 3.55. The van der Waals surface area contributed by atoms with E-state index in [0.717, 1.165) is 19.3 Å². The Morgan fingerprint density at radius 3 is 2.70 bits per heavy atom. The number of ether oxygens (including phenoxy) is 1. The quantitative estimate of drug-likeness (QED) is 0.797. The summed E-state index contributed by atoms with van der Waals surface area (Å²) in [5, 5.41) is 0. The number of halogens is 1. The largest absolute Gasteiger partial charge is 0.496 e. The number of hydrogen-bond donors (Lipinski definition) is 0. The topological polar surface area (TPSA) is 26.3 Å². The summed E-state index contributed by atoms with van der Waals surface area (Å²) in [6, 6.07) is 9.75. The second-order valence-corrected chi connectivity index (χ2v) is 5.01. The molecular formula is C17H15FO2. The monoisotopic (exact) mass is 270 g/mol. The van der Waals surface area contributed by atoms with Gasteiger partial charge in [0.05, 0.1) is 12.7 Å². The molecule has 0 aromatic heterocycles. The molecule has 0 unspecified atom stereocenters. The molecule has 1 aliphatic rings. The van der Waals surface area contributed by atoms with E-state index in [-0.39, 0.29) is 11.3 Å².